The number of aliphatic hydroxyl groups excluding tert-OH is 1. The maximum absolute atomic E-state index is 12.5. The van der Waals surface area contributed by atoms with Crippen LogP contribution in [0, 0.1) is 6.92 Å². The number of alkyl halides is 2. The largest absolute Gasteiger partial charge is 0.391 e. The lowest BCUT2D eigenvalue weighted by atomic mass is 10.2. The number of halogens is 2. The molecular weight excluding hydrogens is 246 g/mol. The highest BCUT2D eigenvalue weighted by atomic mass is 32.1. The van der Waals surface area contributed by atoms with E-state index in [0.717, 1.165) is 16.8 Å². The molecule has 0 saturated heterocycles. The fraction of sp³-hybridized carbons (Fsp3) is 0.273. The molecule has 3 nitrogen and oxygen atoms in total. The van der Waals surface area contributed by atoms with Gasteiger partial charge in [-0.1, -0.05) is 0 Å². The van der Waals surface area contributed by atoms with Gasteiger partial charge in [-0.2, -0.15) is 0 Å². The maximum atomic E-state index is 12.5. The first-order valence-corrected chi connectivity index (χ1v) is 5.74. The van der Waals surface area contributed by atoms with Gasteiger partial charge in [0.05, 0.1) is 17.2 Å². The highest BCUT2D eigenvalue weighted by molar-refractivity contribution is 7.15. The average Bonchev–Trinajstić information content (AvgIpc) is 2.71. The van der Waals surface area contributed by atoms with Crippen LogP contribution in [0.2, 0.25) is 0 Å². The lowest BCUT2D eigenvalue weighted by molar-refractivity contribution is 0.151. The Morgan fingerprint density at radius 1 is 1.41 bits per heavy atom. The van der Waals surface area contributed by atoms with Crippen molar-refractivity contribution in [3.05, 3.63) is 34.6 Å². The van der Waals surface area contributed by atoms with Gasteiger partial charge in [0.1, 0.15) is 5.01 Å². The monoisotopic (exact) mass is 256 g/mol. The van der Waals surface area contributed by atoms with Crippen LogP contribution < -0.4 is 0 Å². The first-order valence-electron chi connectivity index (χ1n) is 4.92. The van der Waals surface area contributed by atoms with E-state index >= 15 is 0 Å². The zero-order valence-corrected chi connectivity index (χ0v) is 9.84. The zero-order valence-electron chi connectivity index (χ0n) is 9.02. The minimum Gasteiger partial charge on any atom is -0.391 e. The maximum Gasteiger partial charge on any atom is 0.265 e. The number of rotatable bonds is 3. The van der Waals surface area contributed by atoms with Crippen LogP contribution in [0.5, 0.6) is 0 Å². The van der Waals surface area contributed by atoms with Gasteiger partial charge in [-0.25, -0.2) is 13.8 Å². The Labute approximate surface area is 101 Å². The molecule has 2 rings (SSSR count). The predicted octanol–water partition coefficient (Wildman–Crippen LogP) is 2.94. The van der Waals surface area contributed by atoms with E-state index in [1.165, 1.54) is 23.6 Å². The lowest BCUT2D eigenvalue weighted by Gasteiger charge is -2.00. The number of nitrogens with zero attached hydrogens (tertiary/aromatic N) is 2. The van der Waals surface area contributed by atoms with Crippen molar-refractivity contribution in [3.63, 3.8) is 0 Å². The van der Waals surface area contributed by atoms with Crippen molar-refractivity contribution < 1.29 is 13.9 Å². The highest BCUT2D eigenvalue weighted by Gasteiger charge is 2.12. The number of aliphatic hydroxyl groups is 1. The molecule has 0 atom stereocenters. The van der Waals surface area contributed by atoms with Crippen LogP contribution in [-0.4, -0.2) is 15.1 Å². The molecule has 0 fully saturated rings. The van der Waals surface area contributed by atoms with Gasteiger partial charge in [0.2, 0.25) is 0 Å². The number of hydrogen-bond acceptors (Lipinski definition) is 4. The van der Waals surface area contributed by atoms with Crippen molar-refractivity contribution in [2.45, 2.75) is 20.0 Å². The van der Waals surface area contributed by atoms with Crippen molar-refractivity contribution in [1.82, 2.24) is 9.97 Å². The SMILES string of the molecule is Cc1nc(-c2cncc(C(F)F)c2)sc1CO. The van der Waals surface area contributed by atoms with Gasteiger partial charge in [0, 0.05) is 23.5 Å². The number of aryl methyl sites for hydroxylation is 1. The molecule has 1 N–H and O–H groups in total. The van der Waals surface area contributed by atoms with Gasteiger partial charge >= 0.3 is 0 Å². The topological polar surface area (TPSA) is 46.0 Å². The van der Waals surface area contributed by atoms with Crippen molar-refractivity contribution in [3.8, 4) is 10.6 Å². The molecule has 0 aromatic carbocycles. The third-order valence-electron chi connectivity index (χ3n) is 2.29. The molecule has 90 valence electrons. The molecule has 0 saturated carbocycles. The van der Waals surface area contributed by atoms with E-state index in [0.29, 0.717) is 10.6 Å². The van der Waals surface area contributed by atoms with E-state index in [-0.39, 0.29) is 12.2 Å². The number of aromatic nitrogens is 2. The van der Waals surface area contributed by atoms with Gasteiger partial charge in [0.25, 0.3) is 6.43 Å². The van der Waals surface area contributed by atoms with Crippen LogP contribution in [0.3, 0.4) is 0 Å². The van der Waals surface area contributed by atoms with Gasteiger partial charge in [0.15, 0.2) is 0 Å². The summed E-state index contributed by atoms with van der Waals surface area (Å²) in [7, 11) is 0. The summed E-state index contributed by atoms with van der Waals surface area (Å²) in [5, 5.41) is 9.65. The smallest absolute Gasteiger partial charge is 0.265 e. The molecule has 0 spiro atoms. The van der Waals surface area contributed by atoms with E-state index in [9.17, 15) is 8.78 Å². The lowest BCUT2D eigenvalue weighted by Crippen LogP contribution is -1.87. The molecule has 0 radical (unpaired) electrons. The average molecular weight is 256 g/mol. The molecule has 17 heavy (non-hydrogen) atoms. The normalized spacial score (nSPS) is 11.1. The minimum atomic E-state index is -2.54. The summed E-state index contributed by atoms with van der Waals surface area (Å²) in [6, 6.07) is 1.37. The van der Waals surface area contributed by atoms with Crippen LogP contribution in [0.25, 0.3) is 10.6 Å². The second-order valence-electron chi connectivity index (χ2n) is 3.49. The number of thiazole rings is 1. The Hall–Kier alpha value is -1.40. The quantitative estimate of drug-likeness (QED) is 0.918. The van der Waals surface area contributed by atoms with Crippen LogP contribution >= 0.6 is 11.3 Å². The van der Waals surface area contributed by atoms with Crippen LogP contribution in [0.15, 0.2) is 18.5 Å². The van der Waals surface area contributed by atoms with Gasteiger partial charge < -0.3 is 5.11 Å². The Morgan fingerprint density at radius 3 is 2.76 bits per heavy atom. The first kappa shape index (κ1) is 12.1. The standard InChI is InChI=1S/C11H10F2N2OS/c1-6-9(5-16)17-11(15-6)8-2-7(10(12)13)3-14-4-8/h2-4,10,16H,5H2,1H3. The molecule has 6 heteroatoms. The van der Waals surface area contributed by atoms with E-state index in [1.807, 2.05) is 0 Å². The predicted molar refractivity (Wildman–Crippen MR) is 61.0 cm³/mol. The molecule has 0 aliphatic heterocycles. The molecule has 2 heterocycles. The van der Waals surface area contributed by atoms with E-state index in [4.69, 9.17) is 5.11 Å². The Bertz CT molecular complexity index is 528. The Kier molecular flexibility index (Phi) is 3.44. The molecular formula is C11H10F2N2OS. The van der Waals surface area contributed by atoms with Gasteiger partial charge in [-0.3, -0.25) is 4.98 Å². The Morgan fingerprint density at radius 2 is 2.18 bits per heavy atom. The molecule has 2 aromatic heterocycles. The van der Waals surface area contributed by atoms with Crippen LogP contribution in [0.1, 0.15) is 22.6 Å². The molecule has 2 aromatic rings. The minimum absolute atomic E-state index is 0.0918. The van der Waals surface area contributed by atoms with Crippen molar-refractivity contribution >= 4 is 11.3 Å². The van der Waals surface area contributed by atoms with Crippen molar-refractivity contribution in [2.24, 2.45) is 0 Å². The fourth-order valence-electron chi connectivity index (χ4n) is 1.39. The second kappa shape index (κ2) is 4.85. The van der Waals surface area contributed by atoms with Crippen molar-refractivity contribution in [2.75, 3.05) is 0 Å². The Balaban J connectivity index is 2.41. The fourth-order valence-corrected chi connectivity index (χ4v) is 2.30. The third kappa shape index (κ3) is 2.48. The summed E-state index contributed by atoms with van der Waals surface area (Å²) in [6.45, 7) is 1.68. The summed E-state index contributed by atoms with van der Waals surface area (Å²) in [4.78, 5) is 8.74. The van der Waals surface area contributed by atoms with Gasteiger partial charge in [-0.05, 0) is 13.0 Å². The molecule has 0 bridgehead atoms. The van der Waals surface area contributed by atoms with Crippen LogP contribution in [0.4, 0.5) is 8.78 Å². The summed E-state index contributed by atoms with van der Waals surface area (Å²) in [6.07, 6.45) is 0.0909. The zero-order chi connectivity index (χ0) is 12.4. The highest BCUT2D eigenvalue weighted by Crippen LogP contribution is 2.29. The molecule has 0 aliphatic carbocycles. The summed E-state index contributed by atoms with van der Waals surface area (Å²) >= 11 is 1.29. The van der Waals surface area contributed by atoms with E-state index in [1.54, 1.807) is 6.92 Å². The summed E-state index contributed by atoms with van der Waals surface area (Å²) in [5.74, 6) is 0. The van der Waals surface area contributed by atoms with Crippen molar-refractivity contribution in [1.29, 1.82) is 0 Å². The van der Waals surface area contributed by atoms with Crippen LogP contribution in [-0.2, 0) is 6.61 Å². The number of hydrogen-bond donors (Lipinski definition) is 1. The first-order chi connectivity index (χ1) is 8.11. The summed E-state index contributed by atoms with van der Waals surface area (Å²) < 4.78 is 25.0. The summed E-state index contributed by atoms with van der Waals surface area (Å²) in [5.41, 5.74) is 1.14. The molecule has 0 amide bonds. The third-order valence-corrected chi connectivity index (χ3v) is 3.49. The van der Waals surface area contributed by atoms with Gasteiger partial charge in [-0.15, -0.1) is 11.3 Å². The second-order valence-corrected chi connectivity index (χ2v) is 4.58. The van der Waals surface area contributed by atoms with E-state index < -0.39 is 6.43 Å². The molecule has 0 aliphatic rings. The molecule has 0 unspecified atom stereocenters. The number of pyridine rings is 1. The van der Waals surface area contributed by atoms with E-state index in [2.05, 4.69) is 9.97 Å².